The maximum Gasteiger partial charge on any atom is 0.280 e. The number of carbonyl (C=O) groups is 1. The van der Waals surface area contributed by atoms with E-state index in [9.17, 15) is 13.2 Å². The third-order valence-corrected chi connectivity index (χ3v) is 5.75. The minimum absolute atomic E-state index is 0.184. The second-order valence-corrected chi connectivity index (χ2v) is 7.86. The van der Waals surface area contributed by atoms with E-state index in [2.05, 4.69) is 10.0 Å². The highest BCUT2D eigenvalue weighted by Crippen LogP contribution is 2.19. The number of benzene rings is 1. The molecular formula is C16H23N3O4S. The highest BCUT2D eigenvalue weighted by Gasteiger charge is 2.33. The number of ether oxygens (including phenoxy) is 1. The Morgan fingerprint density at radius 1 is 1.21 bits per heavy atom. The molecule has 0 spiro atoms. The van der Waals surface area contributed by atoms with Crippen molar-refractivity contribution < 1.29 is 17.9 Å². The standard InChI is InChI=1S/C16H23N3O4S/c20-16(17-14-6-7-14)15(12-13-4-2-1-3-5-13)18-24(21,22)19-8-10-23-11-9-19/h1-5,14-15,18H,6-12H2,(H,17,20). The van der Waals surface area contributed by atoms with Gasteiger partial charge in [-0.05, 0) is 24.8 Å². The number of nitrogens with zero attached hydrogens (tertiary/aromatic N) is 1. The first kappa shape index (κ1) is 17.3. The molecule has 1 amide bonds. The average molecular weight is 353 g/mol. The van der Waals surface area contributed by atoms with Crippen LogP contribution in [0.2, 0.25) is 0 Å². The molecule has 1 aliphatic heterocycles. The predicted molar refractivity (Wildman–Crippen MR) is 89.5 cm³/mol. The van der Waals surface area contributed by atoms with E-state index in [0.29, 0.717) is 32.7 Å². The van der Waals surface area contributed by atoms with Gasteiger partial charge in [0.05, 0.1) is 13.2 Å². The van der Waals surface area contributed by atoms with Crippen molar-refractivity contribution in [1.29, 1.82) is 0 Å². The summed E-state index contributed by atoms with van der Waals surface area (Å²) in [5.41, 5.74) is 0.915. The van der Waals surface area contributed by atoms with Crippen LogP contribution in [0.25, 0.3) is 0 Å². The van der Waals surface area contributed by atoms with Crippen LogP contribution >= 0.6 is 0 Å². The monoisotopic (exact) mass is 353 g/mol. The van der Waals surface area contributed by atoms with Gasteiger partial charge in [0, 0.05) is 19.1 Å². The molecule has 8 heteroatoms. The molecule has 1 aliphatic carbocycles. The summed E-state index contributed by atoms with van der Waals surface area (Å²) in [6.45, 7) is 1.35. The normalized spacial score (nSPS) is 20.5. The number of hydrogen-bond acceptors (Lipinski definition) is 4. The summed E-state index contributed by atoms with van der Waals surface area (Å²) in [5, 5.41) is 2.89. The first-order chi connectivity index (χ1) is 11.5. The van der Waals surface area contributed by atoms with Gasteiger partial charge < -0.3 is 10.1 Å². The predicted octanol–water partition coefficient (Wildman–Crippen LogP) is 0.0429. The van der Waals surface area contributed by atoms with Gasteiger partial charge in [-0.25, -0.2) is 0 Å². The number of morpholine rings is 1. The Hall–Kier alpha value is -1.48. The van der Waals surface area contributed by atoms with E-state index in [0.717, 1.165) is 18.4 Å². The summed E-state index contributed by atoms with van der Waals surface area (Å²) in [6, 6.07) is 8.79. The van der Waals surface area contributed by atoms with E-state index in [1.165, 1.54) is 4.31 Å². The smallest absolute Gasteiger partial charge is 0.280 e. The molecule has 132 valence electrons. The largest absolute Gasteiger partial charge is 0.379 e. The number of carbonyl (C=O) groups excluding carboxylic acids is 1. The van der Waals surface area contributed by atoms with Crippen LogP contribution in [0.1, 0.15) is 18.4 Å². The lowest BCUT2D eigenvalue weighted by Gasteiger charge is -2.28. The van der Waals surface area contributed by atoms with Crippen LogP contribution in [0.3, 0.4) is 0 Å². The summed E-state index contributed by atoms with van der Waals surface area (Å²) in [7, 11) is -3.72. The molecule has 1 saturated heterocycles. The van der Waals surface area contributed by atoms with Crippen LogP contribution < -0.4 is 10.0 Å². The van der Waals surface area contributed by atoms with Gasteiger partial charge in [-0.1, -0.05) is 30.3 Å². The van der Waals surface area contributed by atoms with Crippen molar-refractivity contribution in [3.05, 3.63) is 35.9 Å². The highest BCUT2D eigenvalue weighted by molar-refractivity contribution is 7.87. The summed E-state index contributed by atoms with van der Waals surface area (Å²) >= 11 is 0. The Kier molecular flexibility index (Phi) is 5.50. The molecule has 24 heavy (non-hydrogen) atoms. The zero-order chi connectivity index (χ0) is 17.0. The summed E-state index contributed by atoms with van der Waals surface area (Å²) in [4.78, 5) is 12.5. The molecule has 7 nitrogen and oxygen atoms in total. The van der Waals surface area contributed by atoms with E-state index < -0.39 is 16.3 Å². The molecule has 0 bridgehead atoms. The lowest BCUT2D eigenvalue weighted by molar-refractivity contribution is -0.122. The zero-order valence-corrected chi connectivity index (χ0v) is 14.3. The minimum Gasteiger partial charge on any atom is -0.379 e. The van der Waals surface area contributed by atoms with Crippen LogP contribution in [0.15, 0.2) is 30.3 Å². The van der Waals surface area contributed by atoms with E-state index in [4.69, 9.17) is 4.74 Å². The van der Waals surface area contributed by atoms with Crippen molar-refractivity contribution in [3.8, 4) is 0 Å². The summed E-state index contributed by atoms with van der Waals surface area (Å²) in [5.74, 6) is -0.266. The summed E-state index contributed by atoms with van der Waals surface area (Å²) < 4.78 is 34.2. The van der Waals surface area contributed by atoms with E-state index >= 15 is 0 Å². The van der Waals surface area contributed by atoms with Gasteiger partial charge in [0.25, 0.3) is 10.2 Å². The maximum absolute atomic E-state index is 12.6. The molecule has 0 radical (unpaired) electrons. The molecular weight excluding hydrogens is 330 g/mol. The fraction of sp³-hybridized carbons (Fsp3) is 0.562. The van der Waals surface area contributed by atoms with Crippen molar-refractivity contribution >= 4 is 16.1 Å². The van der Waals surface area contributed by atoms with Crippen LogP contribution in [-0.2, 0) is 26.2 Å². The molecule has 1 saturated carbocycles. The number of nitrogens with one attached hydrogen (secondary N) is 2. The van der Waals surface area contributed by atoms with Gasteiger partial charge in [-0.15, -0.1) is 0 Å². The fourth-order valence-corrected chi connectivity index (χ4v) is 3.94. The number of amides is 1. The maximum atomic E-state index is 12.6. The van der Waals surface area contributed by atoms with Crippen LogP contribution in [0.5, 0.6) is 0 Å². The minimum atomic E-state index is -3.72. The molecule has 0 aromatic heterocycles. The van der Waals surface area contributed by atoms with Gasteiger partial charge in [0.2, 0.25) is 5.91 Å². The molecule has 1 aromatic rings. The molecule has 2 aliphatic rings. The molecule has 1 unspecified atom stereocenters. The van der Waals surface area contributed by atoms with Crippen molar-refractivity contribution in [2.45, 2.75) is 31.3 Å². The first-order valence-corrected chi connectivity index (χ1v) is 9.68. The second-order valence-electron chi connectivity index (χ2n) is 6.16. The summed E-state index contributed by atoms with van der Waals surface area (Å²) in [6.07, 6.45) is 2.24. The highest BCUT2D eigenvalue weighted by atomic mass is 32.2. The van der Waals surface area contributed by atoms with Gasteiger partial charge in [0.1, 0.15) is 6.04 Å². The lowest BCUT2D eigenvalue weighted by Crippen LogP contribution is -2.54. The second kappa shape index (κ2) is 7.60. The third-order valence-electron chi connectivity index (χ3n) is 4.12. The van der Waals surface area contributed by atoms with Crippen molar-refractivity contribution in [2.24, 2.45) is 0 Å². The van der Waals surface area contributed by atoms with Gasteiger partial charge in [-0.3, -0.25) is 4.79 Å². The SMILES string of the molecule is O=C(NC1CC1)C(Cc1ccccc1)NS(=O)(=O)N1CCOCC1. The quantitative estimate of drug-likeness (QED) is 0.725. The Morgan fingerprint density at radius 2 is 1.88 bits per heavy atom. The first-order valence-electron chi connectivity index (χ1n) is 8.24. The number of hydrogen-bond donors (Lipinski definition) is 2. The molecule has 2 fully saturated rings. The Bertz CT molecular complexity index is 655. The van der Waals surface area contributed by atoms with Gasteiger partial charge >= 0.3 is 0 Å². The van der Waals surface area contributed by atoms with Gasteiger partial charge in [-0.2, -0.15) is 17.4 Å². The fourth-order valence-electron chi connectivity index (χ4n) is 2.61. The third kappa shape index (κ3) is 4.76. The molecule has 1 aromatic carbocycles. The van der Waals surface area contributed by atoms with Crippen LogP contribution in [0, 0.1) is 0 Å². The molecule has 1 atom stereocenters. The van der Waals surface area contributed by atoms with E-state index in [1.807, 2.05) is 30.3 Å². The van der Waals surface area contributed by atoms with Crippen molar-refractivity contribution in [2.75, 3.05) is 26.3 Å². The molecule has 1 heterocycles. The molecule has 3 rings (SSSR count). The van der Waals surface area contributed by atoms with Gasteiger partial charge in [0.15, 0.2) is 0 Å². The number of rotatable bonds is 7. The molecule has 2 N–H and O–H groups in total. The topological polar surface area (TPSA) is 87.7 Å². The van der Waals surface area contributed by atoms with Crippen LogP contribution in [0.4, 0.5) is 0 Å². The Balaban J connectivity index is 1.71. The van der Waals surface area contributed by atoms with Crippen molar-refractivity contribution in [1.82, 2.24) is 14.3 Å². The zero-order valence-electron chi connectivity index (χ0n) is 13.5. The van der Waals surface area contributed by atoms with E-state index in [1.54, 1.807) is 0 Å². The van der Waals surface area contributed by atoms with E-state index in [-0.39, 0.29) is 11.9 Å². The van der Waals surface area contributed by atoms with Crippen LogP contribution in [-0.4, -0.2) is 57.0 Å². The Morgan fingerprint density at radius 3 is 2.50 bits per heavy atom. The average Bonchev–Trinajstić information content (AvgIpc) is 3.40. The van der Waals surface area contributed by atoms with Crippen molar-refractivity contribution in [3.63, 3.8) is 0 Å². The Labute approximate surface area is 142 Å². The lowest BCUT2D eigenvalue weighted by atomic mass is 10.1.